The molecule has 26 heavy (non-hydrogen) atoms. The Kier molecular flexibility index (Phi) is 8.57. The lowest BCUT2D eigenvalue weighted by atomic mass is 9.74. The molecule has 0 radical (unpaired) electrons. The van der Waals surface area contributed by atoms with Crippen molar-refractivity contribution in [2.75, 3.05) is 25.0 Å². The van der Waals surface area contributed by atoms with Crippen molar-refractivity contribution in [3.8, 4) is 0 Å². The summed E-state index contributed by atoms with van der Waals surface area (Å²) < 4.78 is 0. The van der Waals surface area contributed by atoms with Gasteiger partial charge >= 0.3 is 0 Å². The SMILES string of the molecule is CN(C(=O)C1CCCCC1(C)N)C1CCN(c2cccnn2)CC1.Cl.Cl. The third kappa shape index (κ3) is 4.99. The van der Waals surface area contributed by atoms with Gasteiger partial charge in [-0.2, -0.15) is 5.10 Å². The Labute approximate surface area is 168 Å². The van der Waals surface area contributed by atoms with Gasteiger partial charge in [0.15, 0.2) is 5.82 Å². The lowest BCUT2D eigenvalue weighted by molar-refractivity contribution is -0.140. The lowest BCUT2D eigenvalue weighted by Gasteiger charge is -2.43. The predicted molar refractivity (Wildman–Crippen MR) is 109 cm³/mol. The highest BCUT2D eigenvalue weighted by atomic mass is 35.5. The fraction of sp³-hybridized carbons (Fsp3) is 0.722. The van der Waals surface area contributed by atoms with E-state index in [0.29, 0.717) is 6.04 Å². The van der Waals surface area contributed by atoms with Crippen LogP contribution in [0.5, 0.6) is 0 Å². The normalized spacial score (nSPS) is 26.4. The molecule has 1 aromatic heterocycles. The molecule has 2 atom stereocenters. The second kappa shape index (κ2) is 9.72. The van der Waals surface area contributed by atoms with E-state index in [-0.39, 0.29) is 42.2 Å². The van der Waals surface area contributed by atoms with Crippen LogP contribution in [0.2, 0.25) is 0 Å². The van der Waals surface area contributed by atoms with Crippen molar-refractivity contribution in [1.29, 1.82) is 0 Å². The summed E-state index contributed by atoms with van der Waals surface area (Å²) in [4.78, 5) is 17.2. The minimum atomic E-state index is -0.357. The van der Waals surface area contributed by atoms with Gasteiger partial charge in [0.2, 0.25) is 5.91 Å². The molecule has 1 saturated heterocycles. The Hall–Kier alpha value is -1.11. The highest BCUT2D eigenvalue weighted by Crippen LogP contribution is 2.33. The van der Waals surface area contributed by atoms with Crippen LogP contribution < -0.4 is 10.6 Å². The zero-order valence-electron chi connectivity index (χ0n) is 15.6. The number of carbonyl (C=O) groups excluding carboxylic acids is 1. The predicted octanol–water partition coefficient (Wildman–Crippen LogP) is 2.66. The first-order chi connectivity index (χ1) is 11.5. The molecule has 2 heterocycles. The molecule has 1 aromatic rings. The van der Waals surface area contributed by atoms with Gasteiger partial charge in [-0.3, -0.25) is 4.79 Å². The zero-order valence-corrected chi connectivity index (χ0v) is 17.3. The van der Waals surface area contributed by atoms with Crippen molar-refractivity contribution < 1.29 is 4.79 Å². The van der Waals surface area contributed by atoms with E-state index in [1.54, 1.807) is 6.20 Å². The molecular weight excluding hydrogens is 373 g/mol. The number of anilines is 1. The summed E-state index contributed by atoms with van der Waals surface area (Å²) in [7, 11) is 1.95. The molecule has 1 amide bonds. The second-order valence-corrected chi connectivity index (χ2v) is 7.55. The third-order valence-corrected chi connectivity index (χ3v) is 5.79. The summed E-state index contributed by atoms with van der Waals surface area (Å²) in [6, 6.07) is 4.20. The van der Waals surface area contributed by atoms with E-state index in [1.165, 1.54) is 0 Å². The molecule has 8 heteroatoms. The maximum absolute atomic E-state index is 13.0. The monoisotopic (exact) mass is 403 g/mol. The molecule has 1 aliphatic heterocycles. The molecule has 2 unspecified atom stereocenters. The minimum Gasteiger partial charge on any atom is -0.355 e. The standard InChI is InChI=1S/C18H29N5O.2ClH/c1-18(19)10-4-3-6-15(18)17(24)22(2)14-8-12-23(13-9-14)16-7-5-11-20-21-16;;/h5,7,11,14-15H,3-4,6,8-10,12-13,19H2,1-2H3;2*1H. The van der Waals surface area contributed by atoms with Gasteiger partial charge in [0.25, 0.3) is 0 Å². The van der Waals surface area contributed by atoms with E-state index in [2.05, 4.69) is 15.1 Å². The van der Waals surface area contributed by atoms with E-state index < -0.39 is 0 Å². The van der Waals surface area contributed by atoms with Crippen molar-refractivity contribution in [2.24, 2.45) is 11.7 Å². The van der Waals surface area contributed by atoms with Crippen LogP contribution in [0.3, 0.4) is 0 Å². The van der Waals surface area contributed by atoms with Crippen LogP contribution in [0.1, 0.15) is 45.4 Å². The molecule has 1 aliphatic carbocycles. The number of halogens is 2. The van der Waals surface area contributed by atoms with Gasteiger partial charge in [-0.05, 0) is 44.7 Å². The lowest BCUT2D eigenvalue weighted by Crippen LogP contribution is -2.55. The molecule has 148 valence electrons. The first-order valence-corrected chi connectivity index (χ1v) is 9.07. The van der Waals surface area contributed by atoms with E-state index >= 15 is 0 Å². The summed E-state index contributed by atoms with van der Waals surface area (Å²) in [5.41, 5.74) is 6.06. The van der Waals surface area contributed by atoms with E-state index in [0.717, 1.165) is 57.4 Å². The molecule has 2 N–H and O–H groups in total. The maximum atomic E-state index is 13.0. The average molecular weight is 404 g/mol. The molecule has 0 bridgehead atoms. The van der Waals surface area contributed by atoms with Crippen molar-refractivity contribution in [1.82, 2.24) is 15.1 Å². The van der Waals surface area contributed by atoms with Crippen molar-refractivity contribution in [3.05, 3.63) is 18.3 Å². The van der Waals surface area contributed by atoms with Crippen molar-refractivity contribution in [2.45, 2.75) is 57.0 Å². The van der Waals surface area contributed by atoms with Crippen molar-refractivity contribution >= 4 is 36.5 Å². The van der Waals surface area contributed by atoms with Crippen LogP contribution >= 0.6 is 24.8 Å². The number of amides is 1. The quantitative estimate of drug-likeness (QED) is 0.839. The molecule has 0 aromatic carbocycles. The van der Waals surface area contributed by atoms with Gasteiger partial charge in [-0.15, -0.1) is 29.9 Å². The fourth-order valence-electron chi connectivity index (χ4n) is 4.13. The van der Waals surface area contributed by atoms with E-state index in [4.69, 9.17) is 5.73 Å². The molecule has 6 nitrogen and oxygen atoms in total. The van der Waals surface area contributed by atoms with Crippen LogP contribution in [0, 0.1) is 5.92 Å². The van der Waals surface area contributed by atoms with Crippen LogP contribution in [0.4, 0.5) is 5.82 Å². The molecular formula is C18H31Cl2N5O. The Balaban J connectivity index is 0.00000169. The molecule has 1 saturated carbocycles. The summed E-state index contributed by atoms with van der Waals surface area (Å²) in [6.45, 7) is 3.86. The number of hydrogen-bond acceptors (Lipinski definition) is 5. The fourth-order valence-corrected chi connectivity index (χ4v) is 4.13. The average Bonchev–Trinajstić information content (AvgIpc) is 2.61. The number of aromatic nitrogens is 2. The van der Waals surface area contributed by atoms with Gasteiger partial charge in [-0.25, -0.2) is 0 Å². The first-order valence-electron chi connectivity index (χ1n) is 9.07. The van der Waals surface area contributed by atoms with Crippen LogP contribution in [0.15, 0.2) is 18.3 Å². The Morgan fingerprint density at radius 1 is 1.27 bits per heavy atom. The van der Waals surface area contributed by atoms with E-state index in [9.17, 15) is 4.79 Å². The number of nitrogens with two attached hydrogens (primary N) is 1. The molecule has 2 fully saturated rings. The second-order valence-electron chi connectivity index (χ2n) is 7.55. The Morgan fingerprint density at radius 3 is 2.54 bits per heavy atom. The van der Waals surface area contributed by atoms with Gasteiger partial charge in [0.1, 0.15) is 0 Å². The third-order valence-electron chi connectivity index (χ3n) is 5.79. The number of piperidine rings is 1. The van der Waals surface area contributed by atoms with Crippen LogP contribution in [0.25, 0.3) is 0 Å². The number of nitrogens with zero attached hydrogens (tertiary/aromatic N) is 4. The Bertz CT molecular complexity index is 564. The van der Waals surface area contributed by atoms with Crippen molar-refractivity contribution in [3.63, 3.8) is 0 Å². The zero-order chi connectivity index (χ0) is 17.2. The van der Waals surface area contributed by atoms with Gasteiger partial charge in [0.05, 0.1) is 5.92 Å². The maximum Gasteiger partial charge on any atom is 0.227 e. The molecule has 0 spiro atoms. The largest absolute Gasteiger partial charge is 0.355 e. The molecule has 3 rings (SSSR count). The van der Waals surface area contributed by atoms with Crippen LogP contribution in [-0.2, 0) is 4.79 Å². The van der Waals surface area contributed by atoms with Gasteiger partial charge < -0.3 is 15.5 Å². The summed E-state index contributed by atoms with van der Waals surface area (Å²) >= 11 is 0. The number of carbonyl (C=O) groups is 1. The highest BCUT2D eigenvalue weighted by molar-refractivity contribution is 5.85. The smallest absolute Gasteiger partial charge is 0.227 e. The van der Waals surface area contributed by atoms with Gasteiger partial charge in [-0.1, -0.05) is 12.8 Å². The topological polar surface area (TPSA) is 75.3 Å². The van der Waals surface area contributed by atoms with Crippen LogP contribution in [-0.4, -0.2) is 52.7 Å². The summed E-state index contributed by atoms with van der Waals surface area (Å²) in [6.07, 6.45) is 7.74. The Morgan fingerprint density at radius 2 is 1.96 bits per heavy atom. The summed E-state index contributed by atoms with van der Waals surface area (Å²) in [5.74, 6) is 1.12. The highest BCUT2D eigenvalue weighted by Gasteiger charge is 2.40. The van der Waals surface area contributed by atoms with Gasteiger partial charge in [0, 0.05) is 37.9 Å². The first kappa shape index (κ1) is 22.9. The minimum absolute atomic E-state index is 0. The summed E-state index contributed by atoms with van der Waals surface area (Å²) in [5, 5.41) is 8.13. The van der Waals surface area contributed by atoms with E-state index in [1.807, 2.05) is 31.0 Å². The number of hydrogen-bond donors (Lipinski definition) is 1. The number of rotatable bonds is 3. The molecule has 2 aliphatic rings.